The Balaban J connectivity index is 2.42. The molecule has 0 spiro atoms. The largest absolute Gasteiger partial charge is 0.480 e. The van der Waals surface area contributed by atoms with Gasteiger partial charge in [-0.05, 0) is 43.2 Å². The van der Waals surface area contributed by atoms with Crippen LogP contribution in [0.25, 0.3) is 0 Å². The van der Waals surface area contributed by atoms with Crippen LogP contribution in [0, 0.1) is 17.2 Å². The molecule has 0 saturated carbocycles. The summed E-state index contributed by atoms with van der Waals surface area (Å²) >= 11 is 0. The maximum atomic E-state index is 11.1. The molecule has 0 aliphatic heterocycles. The summed E-state index contributed by atoms with van der Waals surface area (Å²) in [5.41, 5.74) is 2.65. The number of nitrogens with zero attached hydrogens (tertiary/aromatic N) is 3. The predicted octanol–water partition coefficient (Wildman–Crippen LogP) is 2.38. The highest BCUT2D eigenvalue weighted by molar-refractivity contribution is 5.74. The number of carboxylic acids is 1. The van der Waals surface area contributed by atoms with E-state index in [2.05, 4.69) is 11.1 Å². The third-order valence-corrected chi connectivity index (χ3v) is 3.61. The van der Waals surface area contributed by atoms with Gasteiger partial charge in [-0.15, -0.1) is 0 Å². The van der Waals surface area contributed by atoms with Crippen LogP contribution in [0.3, 0.4) is 0 Å². The number of rotatable bonds is 5. The molecule has 1 aliphatic rings. The van der Waals surface area contributed by atoms with Gasteiger partial charge in [0.05, 0.1) is 5.56 Å². The van der Waals surface area contributed by atoms with Crippen LogP contribution < -0.4 is 4.90 Å². The topological polar surface area (TPSA) is 77.2 Å². The lowest BCUT2D eigenvalue weighted by atomic mass is 9.94. The Morgan fingerprint density at radius 2 is 2.19 bits per heavy atom. The number of hydrogen-bond donors (Lipinski definition) is 1. The van der Waals surface area contributed by atoms with Crippen LogP contribution >= 0.6 is 0 Å². The van der Waals surface area contributed by atoms with E-state index >= 15 is 0 Å². The van der Waals surface area contributed by atoms with E-state index in [0.717, 1.165) is 36.9 Å². The Kier molecular flexibility index (Phi) is 4.79. The van der Waals surface area contributed by atoms with E-state index in [-0.39, 0.29) is 6.54 Å². The fraction of sp³-hybridized carbons (Fsp3) is 0.562. The molecule has 1 heterocycles. The van der Waals surface area contributed by atoms with Gasteiger partial charge in [-0.25, -0.2) is 4.98 Å². The zero-order chi connectivity index (χ0) is 15.4. The van der Waals surface area contributed by atoms with Gasteiger partial charge in [-0.2, -0.15) is 5.26 Å². The Morgan fingerprint density at radius 3 is 2.81 bits per heavy atom. The van der Waals surface area contributed by atoms with Gasteiger partial charge in [0, 0.05) is 12.2 Å². The number of fused-ring (bicyclic) bond motifs is 1. The third kappa shape index (κ3) is 3.72. The summed E-state index contributed by atoms with van der Waals surface area (Å²) in [5.74, 6) is -0.0814. The van der Waals surface area contributed by atoms with E-state index in [1.54, 1.807) is 4.90 Å². The average Bonchev–Trinajstić information content (AvgIpc) is 2.44. The minimum absolute atomic E-state index is 0.126. The molecule has 0 saturated heterocycles. The molecule has 0 radical (unpaired) electrons. The van der Waals surface area contributed by atoms with E-state index in [0.29, 0.717) is 23.8 Å². The van der Waals surface area contributed by atoms with Crippen molar-refractivity contribution < 1.29 is 9.90 Å². The minimum atomic E-state index is -0.904. The number of anilines is 1. The van der Waals surface area contributed by atoms with Gasteiger partial charge < -0.3 is 10.0 Å². The highest BCUT2D eigenvalue weighted by Gasteiger charge is 2.21. The van der Waals surface area contributed by atoms with Gasteiger partial charge in [0.15, 0.2) is 0 Å². The highest BCUT2D eigenvalue weighted by Crippen LogP contribution is 2.26. The lowest BCUT2D eigenvalue weighted by Crippen LogP contribution is -2.34. The summed E-state index contributed by atoms with van der Waals surface area (Å²) in [6, 6.07) is 4.07. The van der Waals surface area contributed by atoms with Crippen LogP contribution in [-0.2, 0) is 17.6 Å². The van der Waals surface area contributed by atoms with E-state index in [1.807, 2.05) is 19.9 Å². The highest BCUT2D eigenvalue weighted by atomic mass is 16.4. The third-order valence-electron chi connectivity index (χ3n) is 3.61. The second-order valence-electron chi connectivity index (χ2n) is 5.95. The van der Waals surface area contributed by atoms with Crippen molar-refractivity contribution in [2.45, 2.75) is 39.5 Å². The van der Waals surface area contributed by atoms with Crippen LogP contribution in [0.2, 0.25) is 0 Å². The van der Waals surface area contributed by atoms with Gasteiger partial charge in [-0.1, -0.05) is 13.8 Å². The molecule has 1 aromatic rings. The Bertz CT molecular complexity index is 576. The summed E-state index contributed by atoms with van der Waals surface area (Å²) in [7, 11) is 0. The van der Waals surface area contributed by atoms with Gasteiger partial charge in [0.25, 0.3) is 0 Å². The van der Waals surface area contributed by atoms with Crippen LogP contribution in [0.5, 0.6) is 0 Å². The van der Waals surface area contributed by atoms with Crippen LogP contribution in [0.1, 0.15) is 43.5 Å². The lowest BCUT2D eigenvalue weighted by Gasteiger charge is -2.26. The van der Waals surface area contributed by atoms with Gasteiger partial charge in [0.1, 0.15) is 18.4 Å². The van der Waals surface area contributed by atoms with Crippen LogP contribution in [0.4, 0.5) is 5.82 Å². The van der Waals surface area contributed by atoms with E-state index in [9.17, 15) is 10.1 Å². The van der Waals surface area contributed by atoms with E-state index in [1.165, 1.54) is 0 Å². The molecule has 1 aromatic heterocycles. The lowest BCUT2D eigenvalue weighted by molar-refractivity contribution is -0.135. The minimum Gasteiger partial charge on any atom is -0.480 e. The van der Waals surface area contributed by atoms with Crippen molar-refractivity contribution in [2.24, 2.45) is 5.92 Å². The second-order valence-corrected chi connectivity index (χ2v) is 5.95. The number of carbonyl (C=O) groups is 1. The Morgan fingerprint density at radius 1 is 1.48 bits per heavy atom. The van der Waals surface area contributed by atoms with Crippen molar-refractivity contribution in [2.75, 3.05) is 18.0 Å². The quantitative estimate of drug-likeness (QED) is 0.899. The molecule has 1 N–H and O–H groups in total. The molecule has 2 rings (SSSR count). The Labute approximate surface area is 125 Å². The van der Waals surface area contributed by atoms with Crippen LogP contribution in [-0.4, -0.2) is 29.1 Å². The van der Waals surface area contributed by atoms with Crippen molar-refractivity contribution >= 4 is 11.8 Å². The summed E-state index contributed by atoms with van der Waals surface area (Å²) in [6.45, 7) is 4.50. The number of aryl methyl sites for hydroxylation is 2. The van der Waals surface area contributed by atoms with Crippen molar-refractivity contribution in [3.63, 3.8) is 0 Å². The van der Waals surface area contributed by atoms with E-state index < -0.39 is 5.97 Å². The Hall–Kier alpha value is -2.09. The molecule has 0 atom stereocenters. The number of aromatic nitrogens is 1. The van der Waals surface area contributed by atoms with Gasteiger partial charge >= 0.3 is 5.97 Å². The number of nitriles is 1. The zero-order valence-corrected chi connectivity index (χ0v) is 12.6. The van der Waals surface area contributed by atoms with Crippen LogP contribution in [0.15, 0.2) is 6.07 Å². The second kappa shape index (κ2) is 6.57. The fourth-order valence-electron chi connectivity index (χ4n) is 2.78. The first-order valence-electron chi connectivity index (χ1n) is 7.41. The molecular weight excluding hydrogens is 266 g/mol. The molecule has 0 fully saturated rings. The van der Waals surface area contributed by atoms with Crippen molar-refractivity contribution in [3.8, 4) is 6.07 Å². The normalized spacial score (nSPS) is 13.6. The number of pyridine rings is 1. The monoisotopic (exact) mass is 287 g/mol. The van der Waals surface area contributed by atoms with Gasteiger partial charge in [0.2, 0.25) is 0 Å². The van der Waals surface area contributed by atoms with Crippen molar-refractivity contribution in [1.29, 1.82) is 5.26 Å². The number of hydrogen-bond acceptors (Lipinski definition) is 4. The molecule has 1 aliphatic carbocycles. The van der Waals surface area contributed by atoms with Crippen molar-refractivity contribution in [3.05, 3.63) is 22.9 Å². The molecule has 5 heteroatoms. The number of aliphatic carboxylic acids is 1. The summed E-state index contributed by atoms with van der Waals surface area (Å²) in [5, 5.41) is 18.5. The molecule has 112 valence electrons. The maximum Gasteiger partial charge on any atom is 0.323 e. The predicted molar refractivity (Wildman–Crippen MR) is 80.3 cm³/mol. The molecule has 0 aromatic carbocycles. The SMILES string of the molecule is CC(C)CN(CC(=O)O)c1nc2c(cc1C#N)CCCC2. The molecule has 0 bridgehead atoms. The molecule has 0 unspecified atom stereocenters. The smallest absolute Gasteiger partial charge is 0.323 e. The summed E-state index contributed by atoms with van der Waals surface area (Å²) in [6.07, 6.45) is 4.11. The molecule has 21 heavy (non-hydrogen) atoms. The summed E-state index contributed by atoms with van der Waals surface area (Å²) in [4.78, 5) is 17.4. The van der Waals surface area contributed by atoms with Crippen molar-refractivity contribution in [1.82, 2.24) is 4.98 Å². The molecular formula is C16H21N3O2. The number of carboxylic acid groups (broad SMARTS) is 1. The average molecular weight is 287 g/mol. The van der Waals surface area contributed by atoms with Gasteiger partial charge in [-0.3, -0.25) is 4.79 Å². The zero-order valence-electron chi connectivity index (χ0n) is 12.6. The molecule has 0 amide bonds. The first-order valence-corrected chi connectivity index (χ1v) is 7.41. The first-order chi connectivity index (χ1) is 10.0. The standard InChI is InChI=1S/C16H21N3O2/c1-11(2)9-19(10-15(20)21)16-13(8-17)7-12-5-3-4-6-14(12)18-16/h7,11H,3-6,9-10H2,1-2H3,(H,20,21). The fourth-order valence-corrected chi connectivity index (χ4v) is 2.78. The first kappa shape index (κ1) is 15.3. The van der Waals surface area contributed by atoms with E-state index in [4.69, 9.17) is 5.11 Å². The molecule has 5 nitrogen and oxygen atoms in total. The summed E-state index contributed by atoms with van der Waals surface area (Å²) < 4.78 is 0. The maximum absolute atomic E-state index is 11.1.